The number of phenols is 1. The largest absolute Gasteiger partial charge is 0.508 e. The van der Waals surface area contributed by atoms with Crippen molar-refractivity contribution in [2.45, 2.75) is 17.7 Å². The zero-order valence-electron chi connectivity index (χ0n) is 18.7. The minimum absolute atomic E-state index is 0.0119. The van der Waals surface area contributed by atoms with Crippen molar-refractivity contribution < 1.29 is 18.3 Å². The van der Waals surface area contributed by atoms with Crippen molar-refractivity contribution in [3.63, 3.8) is 0 Å². The molecule has 5 rings (SSSR count). The number of nitrogens with zero attached hydrogens (tertiary/aromatic N) is 5. The van der Waals surface area contributed by atoms with E-state index in [9.17, 15) is 18.3 Å². The number of aromatic nitrogens is 2. The SMILES string of the molecule is O=C(C1CCCN(S(=O)(=O)c2ccc(O)cc2)C1)N1CCN(c2ncnc3ccccc23)CC1. The molecule has 3 heterocycles. The first-order valence-electron chi connectivity index (χ1n) is 11.5. The number of sulfonamides is 1. The van der Waals surface area contributed by atoms with Crippen LogP contribution in [-0.4, -0.2) is 77.9 Å². The van der Waals surface area contributed by atoms with E-state index in [4.69, 9.17) is 0 Å². The van der Waals surface area contributed by atoms with Crippen molar-refractivity contribution in [2.75, 3.05) is 44.2 Å². The molecule has 1 unspecified atom stereocenters. The smallest absolute Gasteiger partial charge is 0.243 e. The molecule has 0 spiro atoms. The van der Waals surface area contributed by atoms with Gasteiger partial charge in [0, 0.05) is 44.7 Å². The Morgan fingerprint density at radius 2 is 1.68 bits per heavy atom. The summed E-state index contributed by atoms with van der Waals surface area (Å²) in [7, 11) is -3.71. The highest BCUT2D eigenvalue weighted by molar-refractivity contribution is 7.89. The monoisotopic (exact) mass is 481 g/mol. The van der Waals surface area contributed by atoms with Crippen LogP contribution < -0.4 is 4.90 Å². The molecular weight excluding hydrogens is 454 g/mol. The molecule has 2 saturated heterocycles. The van der Waals surface area contributed by atoms with E-state index >= 15 is 0 Å². The summed E-state index contributed by atoms with van der Waals surface area (Å²) in [5.74, 6) is 0.547. The van der Waals surface area contributed by atoms with Gasteiger partial charge in [-0.15, -0.1) is 0 Å². The van der Waals surface area contributed by atoms with Crippen LogP contribution in [0.3, 0.4) is 0 Å². The summed E-state index contributed by atoms with van der Waals surface area (Å²) in [6.07, 6.45) is 2.89. The van der Waals surface area contributed by atoms with Gasteiger partial charge in [-0.2, -0.15) is 4.31 Å². The predicted octanol–water partition coefficient (Wildman–Crippen LogP) is 2.08. The number of amides is 1. The molecule has 1 aromatic heterocycles. The first kappa shape index (κ1) is 22.5. The molecule has 2 aliphatic heterocycles. The number of hydrogen-bond donors (Lipinski definition) is 1. The normalized spacial score (nSPS) is 19.9. The van der Waals surface area contributed by atoms with Gasteiger partial charge in [-0.05, 0) is 49.2 Å². The summed E-state index contributed by atoms with van der Waals surface area (Å²) in [5, 5.41) is 10.5. The van der Waals surface area contributed by atoms with E-state index in [1.54, 1.807) is 6.33 Å². The molecule has 1 amide bonds. The van der Waals surface area contributed by atoms with Crippen LogP contribution in [0.5, 0.6) is 5.75 Å². The average molecular weight is 482 g/mol. The zero-order valence-corrected chi connectivity index (χ0v) is 19.6. The van der Waals surface area contributed by atoms with Gasteiger partial charge in [0.05, 0.1) is 16.3 Å². The minimum atomic E-state index is -3.71. The molecular formula is C24H27N5O4S. The summed E-state index contributed by atoms with van der Waals surface area (Å²) in [4.78, 5) is 26.3. The second-order valence-corrected chi connectivity index (χ2v) is 10.7. The number of anilines is 1. The summed E-state index contributed by atoms with van der Waals surface area (Å²) in [6, 6.07) is 13.4. The van der Waals surface area contributed by atoms with E-state index in [2.05, 4.69) is 14.9 Å². The Hall–Kier alpha value is -3.24. The Morgan fingerprint density at radius 3 is 2.44 bits per heavy atom. The number of fused-ring (bicyclic) bond motifs is 1. The molecule has 2 aromatic carbocycles. The third kappa shape index (κ3) is 4.30. The topological polar surface area (TPSA) is 107 Å². The number of carbonyl (C=O) groups excluding carboxylic acids is 1. The maximum absolute atomic E-state index is 13.3. The van der Waals surface area contributed by atoms with Crippen LogP contribution >= 0.6 is 0 Å². The number of aromatic hydroxyl groups is 1. The van der Waals surface area contributed by atoms with Crippen molar-refractivity contribution in [3.05, 3.63) is 54.9 Å². The van der Waals surface area contributed by atoms with Crippen molar-refractivity contribution in [1.29, 1.82) is 0 Å². The van der Waals surface area contributed by atoms with E-state index in [-0.39, 0.29) is 29.0 Å². The molecule has 10 heteroatoms. The number of para-hydroxylation sites is 1. The lowest BCUT2D eigenvalue weighted by Gasteiger charge is -2.39. The van der Waals surface area contributed by atoms with E-state index in [1.807, 2.05) is 29.2 Å². The van der Waals surface area contributed by atoms with Crippen molar-refractivity contribution >= 4 is 32.7 Å². The Kier molecular flexibility index (Phi) is 6.09. The van der Waals surface area contributed by atoms with Crippen LogP contribution in [-0.2, 0) is 14.8 Å². The molecule has 1 atom stereocenters. The highest BCUT2D eigenvalue weighted by atomic mass is 32.2. The number of piperidine rings is 1. The molecule has 0 aliphatic carbocycles. The van der Waals surface area contributed by atoms with Gasteiger partial charge in [0.1, 0.15) is 17.9 Å². The maximum atomic E-state index is 13.3. The molecule has 0 bridgehead atoms. The predicted molar refractivity (Wildman–Crippen MR) is 128 cm³/mol. The molecule has 3 aromatic rings. The van der Waals surface area contributed by atoms with Crippen LogP contribution in [0, 0.1) is 5.92 Å². The number of carbonyl (C=O) groups is 1. The average Bonchev–Trinajstić information content (AvgIpc) is 2.88. The number of phenolic OH excluding ortho intramolecular Hbond substituents is 1. The highest BCUT2D eigenvalue weighted by Crippen LogP contribution is 2.27. The lowest BCUT2D eigenvalue weighted by Crippen LogP contribution is -2.53. The standard InChI is InChI=1S/C24H27N5O4S/c30-19-7-9-20(10-8-19)34(32,33)29-11-3-4-18(16-29)24(31)28-14-12-27(13-15-28)23-21-5-1-2-6-22(21)25-17-26-23/h1-2,5-10,17-18,30H,3-4,11-16H2. The van der Waals surface area contributed by atoms with Gasteiger partial charge < -0.3 is 14.9 Å². The molecule has 2 aliphatic rings. The van der Waals surface area contributed by atoms with Crippen LogP contribution in [0.1, 0.15) is 12.8 Å². The fraction of sp³-hybridized carbons (Fsp3) is 0.375. The van der Waals surface area contributed by atoms with Gasteiger partial charge in [-0.1, -0.05) is 12.1 Å². The van der Waals surface area contributed by atoms with Gasteiger partial charge >= 0.3 is 0 Å². The fourth-order valence-corrected chi connectivity index (χ4v) is 6.29. The first-order chi connectivity index (χ1) is 16.4. The van der Waals surface area contributed by atoms with Gasteiger partial charge in [-0.25, -0.2) is 18.4 Å². The maximum Gasteiger partial charge on any atom is 0.243 e. The second kappa shape index (κ2) is 9.19. The van der Waals surface area contributed by atoms with Crippen molar-refractivity contribution in [2.24, 2.45) is 5.92 Å². The van der Waals surface area contributed by atoms with Crippen molar-refractivity contribution in [1.82, 2.24) is 19.2 Å². The van der Waals surface area contributed by atoms with Crippen LogP contribution in [0.2, 0.25) is 0 Å². The van der Waals surface area contributed by atoms with Gasteiger partial charge in [-0.3, -0.25) is 4.79 Å². The third-order valence-electron chi connectivity index (χ3n) is 6.62. The minimum Gasteiger partial charge on any atom is -0.508 e. The third-order valence-corrected chi connectivity index (χ3v) is 8.50. The summed E-state index contributed by atoms with van der Waals surface area (Å²) in [5.41, 5.74) is 0.892. The van der Waals surface area contributed by atoms with Gasteiger partial charge in [0.2, 0.25) is 15.9 Å². The number of hydrogen-bond acceptors (Lipinski definition) is 7. The molecule has 178 valence electrons. The summed E-state index contributed by atoms with van der Waals surface area (Å²) in [6.45, 7) is 3.03. The Bertz CT molecular complexity index is 1280. The van der Waals surface area contributed by atoms with E-state index in [0.29, 0.717) is 45.6 Å². The summed E-state index contributed by atoms with van der Waals surface area (Å²) >= 11 is 0. The van der Waals surface area contributed by atoms with Crippen LogP contribution in [0.4, 0.5) is 5.82 Å². The first-order valence-corrected chi connectivity index (χ1v) is 12.9. The molecule has 0 radical (unpaired) electrons. The van der Waals surface area contributed by atoms with Crippen molar-refractivity contribution in [3.8, 4) is 5.75 Å². The van der Waals surface area contributed by atoms with E-state index in [0.717, 1.165) is 16.7 Å². The van der Waals surface area contributed by atoms with Gasteiger partial charge in [0.25, 0.3) is 0 Å². The molecule has 34 heavy (non-hydrogen) atoms. The Morgan fingerprint density at radius 1 is 0.941 bits per heavy atom. The fourth-order valence-electron chi connectivity index (χ4n) is 4.77. The zero-order chi connectivity index (χ0) is 23.7. The molecule has 2 fully saturated rings. The van der Waals surface area contributed by atoms with Gasteiger partial charge in [0.15, 0.2) is 0 Å². The number of rotatable bonds is 4. The molecule has 0 saturated carbocycles. The number of benzene rings is 2. The van der Waals surface area contributed by atoms with Crippen LogP contribution in [0.25, 0.3) is 10.9 Å². The highest BCUT2D eigenvalue weighted by Gasteiger charge is 2.36. The lowest BCUT2D eigenvalue weighted by atomic mass is 9.97. The van der Waals surface area contributed by atoms with Crippen LogP contribution in [0.15, 0.2) is 59.8 Å². The molecule has 1 N–H and O–H groups in total. The quantitative estimate of drug-likeness (QED) is 0.608. The molecule has 9 nitrogen and oxygen atoms in total. The Labute approximate surface area is 198 Å². The summed E-state index contributed by atoms with van der Waals surface area (Å²) < 4.78 is 27.5. The van der Waals surface area contributed by atoms with E-state index in [1.165, 1.54) is 28.6 Å². The number of piperazine rings is 1. The Balaban J connectivity index is 1.24. The second-order valence-electron chi connectivity index (χ2n) is 8.72. The van der Waals surface area contributed by atoms with E-state index < -0.39 is 10.0 Å². The lowest BCUT2D eigenvalue weighted by molar-refractivity contribution is -0.137.